The number of sulfone groups is 1. The summed E-state index contributed by atoms with van der Waals surface area (Å²) in [5.41, 5.74) is 0. The molecular formula is C18H26O4S. The highest BCUT2D eigenvalue weighted by molar-refractivity contribution is 7.92. The lowest BCUT2D eigenvalue weighted by atomic mass is 10.0. The molecule has 0 saturated carbocycles. The van der Waals surface area contributed by atoms with Crippen LogP contribution >= 0.6 is 0 Å². The minimum Gasteiger partial charge on any atom is -0.461 e. The minimum absolute atomic E-state index is 0.184. The van der Waals surface area contributed by atoms with Gasteiger partial charge in [-0.1, -0.05) is 50.8 Å². The number of hydrogen-bond donors (Lipinski definition) is 0. The maximum atomic E-state index is 12.8. The van der Waals surface area contributed by atoms with E-state index in [0.717, 1.165) is 19.3 Å². The highest BCUT2D eigenvalue weighted by Gasteiger charge is 2.40. The molecule has 4 nitrogen and oxygen atoms in total. The second-order valence-electron chi connectivity index (χ2n) is 6.17. The molecule has 2 rings (SSSR count). The molecule has 0 N–H and O–H groups in total. The average molecular weight is 338 g/mol. The van der Waals surface area contributed by atoms with Crippen molar-refractivity contribution in [3.63, 3.8) is 0 Å². The zero-order valence-electron chi connectivity index (χ0n) is 13.7. The molecule has 1 fully saturated rings. The Hall–Kier alpha value is -1.36. The molecule has 1 saturated heterocycles. The molecule has 0 spiro atoms. The Bertz CT molecular complexity index is 595. The van der Waals surface area contributed by atoms with Gasteiger partial charge in [0.25, 0.3) is 0 Å². The van der Waals surface area contributed by atoms with Crippen LogP contribution in [-0.2, 0) is 19.4 Å². The highest BCUT2D eigenvalue weighted by atomic mass is 32.2. The summed E-state index contributed by atoms with van der Waals surface area (Å²) in [7, 11) is -3.46. The molecule has 1 aromatic carbocycles. The SMILES string of the molecule is CCCCCCCC1OC(=O)CCC1S(=O)(=O)c1ccccc1. The molecule has 0 aromatic heterocycles. The summed E-state index contributed by atoms with van der Waals surface area (Å²) in [6, 6.07) is 8.47. The standard InChI is InChI=1S/C18H26O4S/c1-2-3-4-5-9-12-16-17(13-14-18(19)22-16)23(20,21)15-10-7-6-8-11-15/h6-8,10-11,16-17H,2-5,9,12-14H2,1H3. The predicted molar refractivity (Wildman–Crippen MR) is 89.9 cm³/mol. The van der Waals surface area contributed by atoms with Crippen molar-refractivity contribution in [2.24, 2.45) is 0 Å². The maximum absolute atomic E-state index is 12.8. The summed E-state index contributed by atoms with van der Waals surface area (Å²) < 4.78 is 31.1. The molecule has 1 aromatic rings. The van der Waals surface area contributed by atoms with Gasteiger partial charge in [-0.05, 0) is 31.4 Å². The van der Waals surface area contributed by atoms with Crippen LogP contribution in [0.4, 0.5) is 0 Å². The molecule has 23 heavy (non-hydrogen) atoms. The van der Waals surface area contributed by atoms with Crippen LogP contribution in [0, 0.1) is 0 Å². The van der Waals surface area contributed by atoms with Crippen LogP contribution in [0.5, 0.6) is 0 Å². The van der Waals surface area contributed by atoms with Gasteiger partial charge in [0.05, 0.1) is 4.90 Å². The minimum atomic E-state index is -3.46. The van der Waals surface area contributed by atoms with E-state index in [4.69, 9.17) is 4.74 Å². The van der Waals surface area contributed by atoms with Crippen LogP contribution < -0.4 is 0 Å². The number of carbonyl (C=O) groups is 1. The van der Waals surface area contributed by atoms with Gasteiger partial charge < -0.3 is 4.74 Å². The number of carbonyl (C=O) groups excluding carboxylic acids is 1. The normalized spacial score (nSPS) is 21.9. The Morgan fingerprint density at radius 2 is 1.78 bits per heavy atom. The maximum Gasteiger partial charge on any atom is 0.306 e. The lowest BCUT2D eigenvalue weighted by Gasteiger charge is -2.31. The molecule has 0 aliphatic carbocycles. The summed E-state index contributed by atoms with van der Waals surface area (Å²) >= 11 is 0. The van der Waals surface area contributed by atoms with E-state index in [1.807, 2.05) is 0 Å². The van der Waals surface area contributed by atoms with Crippen molar-refractivity contribution in [1.82, 2.24) is 0 Å². The van der Waals surface area contributed by atoms with E-state index >= 15 is 0 Å². The van der Waals surface area contributed by atoms with Crippen LogP contribution in [0.3, 0.4) is 0 Å². The topological polar surface area (TPSA) is 60.4 Å². The summed E-state index contributed by atoms with van der Waals surface area (Å²) in [4.78, 5) is 11.9. The van der Waals surface area contributed by atoms with Crippen LogP contribution in [0.15, 0.2) is 35.2 Å². The average Bonchev–Trinajstić information content (AvgIpc) is 2.55. The predicted octanol–water partition coefficient (Wildman–Crippen LogP) is 3.90. The van der Waals surface area contributed by atoms with Crippen molar-refractivity contribution in [3.05, 3.63) is 30.3 Å². The van der Waals surface area contributed by atoms with Gasteiger partial charge in [-0.25, -0.2) is 8.42 Å². The van der Waals surface area contributed by atoms with E-state index < -0.39 is 21.2 Å². The number of esters is 1. The van der Waals surface area contributed by atoms with Gasteiger partial charge >= 0.3 is 5.97 Å². The van der Waals surface area contributed by atoms with Crippen molar-refractivity contribution >= 4 is 15.8 Å². The lowest BCUT2D eigenvalue weighted by Crippen LogP contribution is -2.41. The Balaban J connectivity index is 2.06. The van der Waals surface area contributed by atoms with Gasteiger partial charge in [-0.3, -0.25) is 4.79 Å². The first-order chi connectivity index (χ1) is 11.1. The third-order valence-electron chi connectivity index (χ3n) is 4.39. The fraction of sp³-hybridized carbons (Fsp3) is 0.611. The first-order valence-corrected chi connectivity index (χ1v) is 10.1. The molecule has 0 bridgehead atoms. The summed E-state index contributed by atoms with van der Waals surface area (Å²) in [5, 5.41) is -0.617. The van der Waals surface area contributed by atoms with Crippen molar-refractivity contribution in [1.29, 1.82) is 0 Å². The third-order valence-corrected chi connectivity index (χ3v) is 6.66. The largest absolute Gasteiger partial charge is 0.461 e. The second kappa shape index (κ2) is 8.48. The Morgan fingerprint density at radius 3 is 2.48 bits per heavy atom. The number of unbranched alkanes of at least 4 members (excludes halogenated alkanes) is 4. The van der Waals surface area contributed by atoms with Crippen LogP contribution in [0.2, 0.25) is 0 Å². The molecule has 1 aliphatic heterocycles. The molecule has 1 heterocycles. The van der Waals surface area contributed by atoms with Gasteiger partial charge in [-0.15, -0.1) is 0 Å². The van der Waals surface area contributed by atoms with Gasteiger partial charge in [0.1, 0.15) is 11.4 Å². The number of rotatable bonds is 8. The molecule has 2 unspecified atom stereocenters. The zero-order valence-corrected chi connectivity index (χ0v) is 14.6. The summed E-state index contributed by atoms with van der Waals surface area (Å²) in [6.07, 6.45) is 6.12. The number of hydrogen-bond acceptors (Lipinski definition) is 4. The van der Waals surface area contributed by atoms with E-state index in [1.165, 1.54) is 12.8 Å². The molecule has 0 radical (unpaired) electrons. The monoisotopic (exact) mass is 338 g/mol. The van der Waals surface area contributed by atoms with Crippen LogP contribution in [0.25, 0.3) is 0 Å². The Labute approximate surface area is 139 Å². The molecular weight excluding hydrogens is 312 g/mol. The second-order valence-corrected chi connectivity index (χ2v) is 8.33. The van der Waals surface area contributed by atoms with E-state index in [2.05, 4.69) is 6.92 Å². The lowest BCUT2D eigenvalue weighted by molar-refractivity contribution is -0.153. The molecule has 2 atom stereocenters. The first kappa shape index (κ1) is 18.0. The summed E-state index contributed by atoms with van der Waals surface area (Å²) in [6.45, 7) is 2.16. The van der Waals surface area contributed by atoms with Crippen molar-refractivity contribution in [2.45, 2.75) is 74.5 Å². The third kappa shape index (κ3) is 4.80. The molecule has 5 heteroatoms. The van der Waals surface area contributed by atoms with Gasteiger partial charge in [0, 0.05) is 6.42 Å². The highest BCUT2D eigenvalue weighted by Crippen LogP contribution is 2.30. The fourth-order valence-electron chi connectivity index (χ4n) is 3.08. The first-order valence-electron chi connectivity index (χ1n) is 8.54. The Kier molecular flexibility index (Phi) is 6.63. The van der Waals surface area contributed by atoms with Gasteiger partial charge in [-0.2, -0.15) is 0 Å². The van der Waals surface area contributed by atoms with Crippen LogP contribution in [0.1, 0.15) is 58.3 Å². The zero-order chi connectivity index (χ0) is 16.7. The molecule has 1 aliphatic rings. The fourth-order valence-corrected chi connectivity index (χ4v) is 4.99. The van der Waals surface area contributed by atoms with E-state index in [1.54, 1.807) is 30.3 Å². The molecule has 0 amide bonds. The van der Waals surface area contributed by atoms with E-state index in [0.29, 0.717) is 17.7 Å². The van der Waals surface area contributed by atoms with Crippen molar-refractivity contribution < 1.29 is 17.9 Å². The molecule has 128 valence electrons. The smallest absolute Gasteiger partial charge is 0.306 e. The summed E-state index contributed by atoms with van der Waals surface area (Å²) in [5.74, 6) is -0.275. The van der Waals surface area contributed by atoms with Crippen LogP contribution in [-0.4, -0.2) is 25.7 Å². The quantitative estimate of drug-likeness (QED) is 0.533. The van der Waals surface area contributed by atoms with Gasteiger partial charge in [0.2, 0.25) is 0 Å². The number of ether oxygens (including phenoxy) is 1. The van der Waals surface area contributed by atoms with Crippen molar-refractivity contribution in [3.8, 4) is 0 Å². The van der Waals surface area contributed by atoms with E-state index in [9.17, 15) is 13.2 Å². The number of cyclic esters (lactones) is 1. The number of benzene rings is 1. The Morgan fingerprint density at radius 1 is 1.09 bits per heavy atom. The van der Waals surface area contributed by atoms with E-state index in [-0.39, 0.29) is 12.4 Å². The van der Waals surface area contributed by atoms with Gasteiger partial charge in [0.15, 0.2) is 9.84 Å². The van der Waals surface area contributed by atoms with Crippen molar-refractivity contribution in [2.75, 3.05) is 0 Å².